The second kappa shape index (κ2) is 4.31. The molecule has 0 saturated heterocycles. The maximum Gasteiger partial charge on any atom is 0.396 e. The van der Waals surface area contributed by atoms with Crippen molar-refractivity contribution in [2.45, 2.75) is 0 Å². The molecule has 0 aliphatic rings. The SMILES string of the molecule is COC(=O)C(=O)Nc1ccncc1F. The van der Waals surface area contributed by atoms with Gasteiger partial charge >= 0.3 is 11.9 Å². The number of ether oxygens (including phenoxy) is 1. The van der Waals surface area contributed by atoms with Crippen molar-refractivity contribution in [2.24, 2.45) is 0 Å². The molecule has 1 rings (SSSR count). The monoisotopic (exact) mass is 198 g/mol. The number of carbonyl (C=O) groups is 2. The molecular weight excluding hydrogens is 191 g/mol. The van der Waals surface area contributed by atoms with Crippen LogP contribution >= 0.6 is 0 Å². The van der Waals surface area contributed by atoms with E-state index in [2.05, 4.69) is 9.72 Å². The predicted octanol–water partition coefficient (Wildman–Crippen LogP) is 0.332. The fourth-order valence-electron chi connectivity index (χ4n) is 0.743. The van der Waals surface area contributed by atoms with Gasteiger partial charge in [0.1, 0.15) is 0 Å². The van der Waals surface area contributed by atoms with Gasteiger partial charge in [0.2, 0.25) is 0 Å². The van der Waals surface area contributed by atoms with Gasteiger partial charge in [0.25, 0.3) is 0 Å². The maximum atomic E-state index is 12.9. The van der Waals surface area contributed by atoms with E-state index in [4.69, 9.17) is 0 Å². The van der Waals surface area contributed by atoms with Crippen molar-refractivity contribution in [3.63, 3.8) is 0 Å². The summed E-state index contributed by atoms with van der Waals surface area (Å²) in [5.41, 5.74) is -0.115. The molecule has 0 radical (unpaired) electrons. The number of anilines is 1. The number of amides is 1. The lowest BCUT2D eigenvalue weighted by atomic mass is 10.4. The first-order valence-corrected chi connectivity index (χ1v) is 3.64. The Labute approximate surface area is 78.9 Å². The Morgan fingerprint density at radius 2 is 2.29 bits per heavy atom. The topological polar surface area (TPSA) is 68.3 Å². The summed E-state index contributed by atoms with van der Waals surface area (Å²) in [6.45, 7) is 0. The number of hydrogen-bond donors (Lipinski definition) is 1. The lowest BCUT2D eigenvalue weighted by Gasteiger charge is -2.03. The maximum absolute atomic E-state index is 12.9. The number of methoxy groups -OCH3 is 1. The van der Waals surface area contributed by atoms with E-state index in [1.165, 1.54) is 12.3 Å². The molecule has 6 heteroatoms. The molecule has 74 valence electrons. The number of nitrogens with zero attached hydrogens (tertiary/aromatic N) is 1. The summed E-state index contributed by atoms with van der Waals surface area (Å²) in [6.07, 6.45) is 2.21. The highest BCUT2D eigenvalue weighted by Gasteiger charge is 2.15. The minimum Gasteiger partial charge on any atom is -0.462 e. The molecule has 5 nitrogen and oxygen atoms in total. The average molecular weight is 198 g/mol. The second-order valence-corrected chi connectivity index (χ2v) is 2.30. The highest BCUT2D eigenvalue weighted by atomic mass is 19.1. The summed E-state index contributed by atoms with van der Waals surface area (Å²) < 4.78 is 17.0. The highest BCUT2D eigenvalue weighted by Crippen LogP contribution is 2.10. The quantitative estimate of drug-likeness (QED) is 0.521. The minimum atomic E-state index is -1.08. The van der Waals surface area contributed by atoms with E-state index in [0.29, 0.717) is 0 Å². The van der Waals surface area contributed by atoms with E-state index >= 15 is 0 Å². The van der Waals surface area contributed by atoms with Crippen LogP contribution in [0.3, 0.4) is 0 Å². The van der Waals surface area contributed by atoms with Crippen LogP contribution in [0.5, 0.6) is 0 Å². The summed E-state index contributed by atoms with van der Waals surface area (Å²) in [5.74, 6) is -2.83. The van der Waals surface area contributed by atoms with Crippen molar-refractivity contribution in [3.05, 3.63) is 24.3 Å². The summed E-state index contributed by atoms with van der Waals surface area (Å²) in [5, 5.41) is 2.03. The Bertz CT molecular complexity index is 367. The molecule has 0 spiro atoms. The third kappa shape index (κ3) is 2.25. The number of rotatable bonds is 1. The van der Waals surface area contributed by atoms with Crippen molar-refractivity contribution in [1.29, 1.82) is 0 Å². The zero-order valence-electron chi connectivity index (χ0n) is 7.28. The molecule has 0 aliphatic heterocycles. The molecule has 0 fully saturated rings. The summed E-state index contributed by atoms with van der Waals surface area (Å²) in [4.78, 5) is 25.1. The number of esters is 1. The van der Waals surface area contributed by atoms with Gasteiger partial charge < -0.3 is 10.1 Å². The molecule has 0 atom stereocenters. The van der Waals surface area contributed by atoms with E-state index < -0.39 is 17.7 Å². The van der Waals surface area contributed by atoms with Crippen LogP contribution in [0.25, 0.3) is 0 Å². The molecule has 0 bridgehead atoms. The van der Waals surface area contributed by atoms with E-state index in [0.717, 1.165) is 13.3 Å². The van der Waals surface area contributed by atoms with Crippen LogP contribution in [0.15, 0.2) is 18.5 Å². The fourth-order valence-corrected chi connectivity index (χ4v) is 0.743. The first-order valence-electron chi connectivity index (χ1n) is 3.64. The van der Waals surface area contributed by atoms with E-state index in [-0.39, 0.29) is 5.69 Å². The van der Waals surface area contributed by atoms with Crippen molar-refractivity contribution >= 4 is 17.6 Å². The van der Waals surface area contributed by atoms with Crippen LogP contribution in [0, 0.1) is 5.82 Å². The van der Waals surface area contributed by atoms with Crippen LogP contribution in [0.2, 0.25) is 0 Å². The number of carbonyl (C=O) groups excluding carboxylic acids is 2. The highest BCUT2D eigenvalue weighted by molar-refractivity contribution is 6.37. The Kier molecular flexibility index (Phi) is 3.11. The fraction of sp³-hybridized carbons (Fsp3) is 0.125. The van der Waals surface area contributed by atoms with Gasteiger partial charge in [-0.3, -0.25) is 9.78 Å². The van der Waals surface area contributed by atoms with Crippen LogP contribution in [-0.4, -0.2) is 24.0 Å². The van der Waals surface area contributed by atoms with Gasteiger partial charge in [0.15, 0.2) is 5.82 Å². The van der Waals surface area contributed by atoms with Crippen molar-refractivity contribution in [3.8, 4) is 0 Å². The van der Waals surface area contributed by atoms with Crippen LogP contribution < -0.4 is 5.32 Å². The molecule has 0 aliphatic carbocycles. The Morgan fingerprint density at radius 1 is 1.57 bits per heavy atom. The Morgan fingerprint density at radius 3 is 2.86 bits per heavy atom. The van der Waals surface area contributed by atoms with Crippen molar-refractivity contribution in [1.82, 2.24) is 4.98 Å². The molecule has 1 amide bonds. The van der Waals surface area contributed by atoms with Gasteiger partial charge in [-0.25, -0.2) is 9.18 Å². The summed E-state index contributed by atoms with van der Waals surface area (Å²) >= 11 is 0. The predicted molar refractivity (Wildman–Crippen MR) is 44.8 cm³/mol. The van der Waals surface area contributed by atoms with Gasteiger partial charge in [-0.05, 0) is 6.07 Å². The van der Waals surface area contributed by atoms with E-state index in [1.807, 2.05) is 5.32 Å². The van der Waals surface area contributed by atoms with E-state index in [9.17, 15) is 14.0 Å². The second-order valence-electron chi connectivity index (χ2n) is 2.30. The Hall–Kier alpha value is -1.98. The van der Waals surface area contributed by atoms with Crippen LogP contribution in [0.1, 0.15) is 0 Å². The van der Waals surface area contributed by atoms with E-state index in [1.54, 1.807) is 0 Å². The zero-order valence-corrected chi connectivity index (χ0v) is 7.28. The zero-order chi connectivity index (χ0) is 10.6. The standard InChI is InChI=1S/C8H7FN2O3/c1-14-8(13)7(12)11-6-2-3-10-4-5(6)9/h2-4H,1H3,(H,10,11,12). The van der Waals surface area contributed by atoms with Gasteiger partial charge in [0, 0.05) is 6.20 Å². The Balaban J connectivity index is 2.75. The molecule has 0 saturated carbocycles. The summed E-state index contributed by atoms with van der Waals surface area (Å²) in [6, 6.07) is 1.23. The third-order valence-corrected chi connectivity index (χ3v) is 1.39. The van der Waals surface area contributed by atoms with Gasteiger partial charge in [0.05, 0.1) is 19.0 Å². The smallest absolute Gasteiger partial charge is 0.396 e. The molecular formula is C8H7FN2O3. The molecule has 14 heavy (non-hydrogen) atoms. The number of pyridine rings is 1. The number of nitrogens with one attached hydrogen (secondary N) is 1. The molecule has 1 aromatic heterocycles. The molecule has 0 unspecified atom stereocenters. The normalized spacial score (nSPS) is 9.29. The van der Waals surface area contributed by atoms with Crippen molar-refractivity contribution < 1.29 is 18.7 Å². The number of halogens is 1. The molecule has 0 aromatic carbocycles. The first kappa shape index (κ1) is 10.1. The molecule has 1 N–H and O–H groups in total. The van der Waals surface area contributed by atoms with Gasteiger partial charge in [-0.1, -0.05) is 0 Å². The molecule has 1 heterocycles. The lowest BCUT2D eigenvalue weighted by Crippen LogP contribution is -2.24. The minimum absolute atomic E-state index is 0.115. The average Bonchev–Trinajstić information content (AvgIpc) is 2.20. The van der Waals surface area contributed by atoms with Gasteiger partial charge in [-0.2, -0.15) is 0 Å². The number of hydrogen-bond acceptors (Lipinski definition) is 4. The first-order chi connectivity index (χ1) is 6.65. The lowest BCUT2D eigenvalue weighted by molar-refractivity contribution is -0.150. The third-order valence-electron chi connectivity index (χ3n) is 1.39. The van der Waals surface area contributed by atoms with Crippen molar-refractivity contribution in [2.75, 3.05) is 12.4 Å². The van der Waals surface area contributed by atoms with Crippen LogP contribution in [-0.2, 0) is 14.3 Å². The summed E-state index contributed by atoms with van der Waals surface area (Å²) in [7, 11) is 1.06. The largest absolute Gasteiger partial charge is 0.462 e. The van der Waals surface area contributed by atoms with Gasteiger partial charge in [-0.15, -0.1) is 0 Å². The molecule has 1 aromatic rings. The number of aromatic nitrogens is 1. The van der Waals surface area contributed by atoms with Crippen LogP contribution in [0.4, 0.5) is 10.1 Å².